The number of nitrogens with one attached hydrogen (secondary N) is 1. The minimum atomic E-state index is -3.74. The van der Waals surface area contributed by atoms with Gasteiger partial charge in [0.2, 0.25) is 0 Å². The van der Waals surface area contributed by atoms with Gasteiger partial charge in [0.25, 0.3) is 10.0 Å². The molecule has 2 rings (SSSR count). The minimum absolute atomic E-state index is 0.0106. The molecule has 0 aliphatic rings. The van der Waals surface area contributed by atoms with Crippen molar-refractivity contribution in [3.63, 3.8) is 0 Å². The first-order chi connectivity index (χ1) is 11.7. The summed E-state index contributed by atoms with van der Waals surface area (Å²) in [6, 6.07) is 8.08. The first-order valence-corrected chi connectivity index (χ1v) is 9.61. The molecule has 0 saturated heterocycles. The van der Waals surface area contributed by atoms with Gasteiger partial charge in [0.05, 0.1) is 4.90 Å². The fraction of sp³-hybridized carbons (Fsp3) is 0.412. The molecular formula is C17H23N3O4S. The summed E-state index contributed by atoms with van der Waals surface area (Å²) in [5.74, 6) is -0.599. The van der Waals surface area contributed by atoms with Crippen molar-refractivity contribution in [1.82, 2.24) is 9.78 Å². The van der Waals surface area contributed by atoms with Crippen LogP contribution in [0.2, 0.25) is 0 Å². The van der Waals surface area contributed by atoms with Crippen LogP contribution in [0.15, 0.2) is 35.2 Å². The minimum Gasteiger partial charge on any atom is -0.481 e. The molecule has 0 amide bonds. The molecule has 1 aromatic carbocycles. The number of nitrogens with zero attached hydrogens (tertiary/aromatic N) is 2. The molecule has 2 aromatic rings. The van der Waals surface area contributed by atoms with E-state index < -0.39 is 16.0 Å². The van der Waals surface area contributed by atoms with Gasteiger partial charge in [-0.3, -0.25) is 14.2 Å². The second-order valence-electron chi connectivity index (χ2n) is 6.02. The number of anilines is 1. The maximum absolute atomic E-state index is 12.5. The van der Waals surface area contributed by atoms with Crippen molar-refractivity contribution in [3.05, 3.63) is 41.6 Å². The van der Waals surface area contributed by atoms with Crippen molar-refractivity contribution in [2.75, 3.05) is 4.72 Å². The number of aryl methyl sites for hydroxylation is 2. The first-order valence-electron chi connectivity index (χ1n) is 8.12. The van der Waals surface area contributed by atoms with E-state index in [-0.39, 0.29) is 23.2 Å². The monoisotopic (exact) mass is 365 g/mol. The van der Waals surface area contributed by atoms with E-state index >= 15 is 0 Å². The molecule has 2 N–H and O–H groups in total. The van der Waals surface area contributed by atoms with Gasteiger partial charge in [0.15, 0.2) is 5.82 Å². The third-order valence-electron chi connectivity index (χ3n) is 4.03. The summed E-state index contributed by atoms with van der Waals surface area (Å²) >= 11 is 0. The van der Waals surface area contributed by atoms with Gasteiger partial charge in [-0.25, -0.2) is 8.42 Å². The number of carboxylic acids is 1. The van der Waals surface area contributed by atoms with Gasteiger partial charge >= 0.3 is 5.97 Å². The average molecular weight is 365 g/mol. The molecule has 1 atom stereocenters. The largest absolute Gasteiger partial charge is 0.481 e. The third-order valence-corrected chi connectivity index (χ3v) is 5.40. The Kier molecular flexibility index (Phi) is 5.84. The predicted octanol–water partition coefficient (Wildman–Crippen LogP) is 2.98. The smallest absolute Gasteiger partial charge is 0.303 e. The molecule has 8 heteroatoms. The average Bonchev–Trinajstić information content (AvgIpc) is 2.92. The van der Waals surface area contributed by atoms with Crippen LogP contribution >= 0.6 is 0 Å². The third kappa shape index (κ3) is 4.82. The molecule has 136 valence electrons. The molecule has 0 fully saturated rings. The standard InChI is InChI=1S/C17H23N3O4S/c1-4-12(2)20-13(3)11-16(18-20)19-25(23,24)15-8-5-14(6-9-15)7-10-17(21)22/h5-6,8-9,11-12H,4,7,10H2,1-3H3,(H,18,19)(H,21,22). The highest BCUT2D eigenvalue weighted by Gasteiger charge is 2.17. The van der Waals surface area contributed by atoms with Crippen LogP contribution in [0, 0.1) is 6.92 Å². The maximum atomic E-state index is 12.5. The lowest BCUT2D eigenvalue weighted by Gasteiger charge is -2.11. The van der Waals surface area contributed by atoms with Crippen LogP contribution in [0.25, 0.3) is 0 Å². The van der Waals surface area contributed by atoms with Gasteiger partial charge in [-0.1, -0.05) is 19.1 Å². The van der Waals surface area contributed by atoms with Crippen LogP contribution in [-0.4, -0.2) is 29.3 Å². The van der Waals surface area contributed by atoms with Crippen LogP contribution in [0.3, 0.4) is 0 Å². The number of carbonyl (C=O) groups is 1. The Hall–Kier alpha value is -2.35. The SMILES string of the molecule is CCC(C)n1nc(NS(=O)(=O)c2ccc(CCC(=O)O)cc2)cc1C. The van der Waals surface area contributed by atoms with E-state index in [0.717, 1.165) is 17.7 Å². The summed E-state index contributed by atoms with van der Waals surface area (Å²) in [4.78, 5) is 10.7. The Labute approximate surface area is 147 Å². The summed E-state index contributed by atoms with van der Waals surface area (Å²) < 4.78 is 29.3. The lowest BCUT2D eigenvalue weighted by molar-refractivity contribution is -0.136. The van der Waals surface area contributed by atoms with Gasteiger partial charge in [0.1, 0.15) is 0 Å². The summed E-state index contributed by atoms with van der Waals surface area (Å²) in [7, 11) is -3.74. The van der Waals surface area contributed by atoms with Crippen LogP contribution in [0.1, 0.15) is 44.0 Å². The summed E-state index contributed by atoms with van der Waals surface area (Å²) in [6.07, 6.45) is 1.27. The topological polar surface area (TPSA) is 101 Å². The Bertz CT molecular complexity index is 841. The lowest BCUT2D eigenvalue weighted by atomic mass is 10.1. The second kappa shape index (κ2) is 7.69. The van der Waals surface area contributed by atoms with Gasteiger partial charge in [-0.05, 0) is 44.4 Å². The van der Waals surface area contributed by atoms with Crippen LogP contribution in [0.5, 0.6) is 0 Å². The van der Waals surface area contributed by atoms with E-state index in [1.165, 1.54) is 12.1 Å². The summed E-state index contributed by atoms with van der Waals surface area (Å²) in [6.45, 7) is 5.95. The molecule has 0 aliphatic heterocycles. The van der Waals surface area contributed by atoms with Crippen LogP contribution in [-0.2, 0) is 21.2 Å². The van der Waals surface area contributed by atoms with E-state index in [2.05, 4.69) is 9.82 Å². The molecule has 0 radical (unpaired) electrons. The molecule has 0 aliphatic carbocycles. The summed E-state index contributed by atoms with van der Waals surface area (Å²) in [5.41, 5.74) is 1.66. The summed E-state index contributed by atoms with van der Waals surface area (Å²) in [5, 5.41) is 13.0. The van der Waals surface area contributed by atoms with Crippen molar-refractivity contribution in [2.24, 2.45) is 0 Å². The van der Waals surface area contributed by atoms with Crippen molar-refractivity contribution in [3.8, 4) is 0 Å². The van der Waals surface area contributed by atoms with E-state index in [9.17, 15) is 13.2 Å². The molecule has 1 unspecified atom stereocenters. The molecule has 7 nitrogen and oxygen atoms in total. The second-order valence-corrected chi connectivity index (χ2v) is 7.70. The molecular weight excluding hydrogens is 342 g/mol. The molecule has 1 heterocycles. The number of carboxylic acid groups (broad SMARTS) is 1. The quantitative estimate of drug-likeness (QED) is 0.749. The van der Waals surface area contributed by atoms with E-state index in [1.54, 1.807) is 22.9 Å². The van der Waals surface area contributed by atoms with E-state index in [1.807, 2.05) is 20.8 Å². The highest BCUT2D eigenvalue weighted by Crippen LogP contribution is 2.20. The Morgan fingerprint density at radius 2 is 1.96 bits per heavy atom. The maximum Gasteiger partial charge on any atom is 0.303 e. The number of benzene rings is 1. The molecule has 0 bridgehead atoms. The highest BCUT2D eigenvalue weighted by molar-refractivity contribution is 7.92. The number of sulfonamides is 1. The van der Waals surface area contributed by atoms with Crippen LogP contribution in [0.4, 0.5) is 5.82 Å². The number of aromatic nitrogens is 2. The lowest BCUT2D eigenvalue weighted by Crippen LogP contribution is -2.14. The van der Waals surface area contributed by atoms with Gasteiger partial charge in [-0.15, -0.1) is 0 Å². The number of hydrogen-bond donors (Lipinski definition) is 2. The van der Waals surface area contributed by atoms with Gasteiger partial charge in [-0.2, -0.15) is 5.10 Å². The number of rotatable bonds is 8. The molecule has 1 aromatic heterocycles. The molecule has 0 spiro atoms. The van der Waals surface area contributed by atoms with Crippen molar-refractivity contribution < 1.29 is 18.3 Å². The molecule has 0 saturated carbocycles. The van der Waals surface area contributed by atoms with Crippen molar-refractivity contribution >= 4 is 21.8 Å². The highest BCUT2D eigenvalue weighted by atomic mass is 32.2. The van der Waals surface area contributed by atoms with Crippen molar-refractivity contribution in [1.29, 1.82) is 0 Å². The predicted molar refractivity (Wildman–Crippen MR) is 95.2 cm³/mol. The van der Waals surface area contributed by atoms with Gasteiger partial charge < -0.3 is 5.11 Å². The van der Waals surface area contributed by atoms with Crippen LogP contribution < -0.4 is 4.72 Å². The fourth-order valence-electron chi connectivity index (χ4n) is 2.44. The Morgan fingerprint density at radius 3 is 2.52 bits per heavy atom. The Balaban J connectivity index is 2.15. The molecule has 25 heavy (non-hydrogen) atoms. The fourth-order valence-corrected chi connectivity index (χ4v) is 3.43. The zero-order chi connectivity index (χ0) is 18.6. The first kappa shape index (κ1) is 19.0. The number of hydrogen-bond acceptors (Lipinski definition) is 4. The Morgan fingerprint density at radius 1 is 1.32 bits per heavy atom. The zero-order valence-corrected chi connectivity index (χ0v) is 15.4. The van der Waals surface area contributed by atoms with E-state index in [0.29, 0.717) is 6.42 Å². The van der Waals surface area contributed by atoms with Crippen molar-refractivity contribution in [2.45, 2.75) is 51.0 Å². The number of aliphatic carboxylic acids is 1. The van der Waals surface area contributed by atoms with E-state index in [4.69, 9.17) is 5.11 Å². The zero-order valence-electron chi connectivity index (χ0n) is 14.6. The van der Waals surface area contributed by atoms with Gasteiger partial charge in [0, 0.05) is 24.2 Å². The normalized spacial score (nSPS) is 12.8.